The zero-order chi connectivity index (χ0) is 11.6. The molecule has 6 heteroatoms. The van der Waals surface area contributed by atoms with Crippen LogP contribution in [0.1, 0.15) is 5.56 Å². The molecule has 0 aliphatic rings. The summed E-state index contributed by atoms with van der Waals surface area (Å²) in [5.41, 5.74) is 0.346. The van der Waals surface area contributed by atoms with Crippen LogP contribution in [-0.2, 0) is 4.79 Å². The zero-order valence-corrected chi connectivity index (χ0v) is 10.3. The Morgan fingerprint density at radius 1 is 1.27 bits per heavy atom. The molecule has 2 nitrogen and oxygen atoms in total. The van der Waals surface area contributed by atoms with Crippen LogP contribution in [0.4, 0.5) is 0 Å². The molecule has 1 N–H and O–H groups in total. The fourth-order valence-electron chi connectivity index (χ4n) is 0.874. The maximum absolute atomic E-state index is 10.5. The maximum atomic E-state index is 10.5. The fourth-order valence-corrected chi connectivity index (χ4v) is 1.65. The van der Waals surface area contributed by atoms with E-state index in [0.29, 0.717) is 15.6 Å². The molecule has 0 aromatic heterocycles. The van der Waals surface area contributed by atoms with Gasteiger partial charge in [-0.25, -0.2) is 4.79 Å². The highest BCUT2D eigenvalue weighted by Gasteiger charge is 2.10. The van der Waals surface area contributed by atoms with Crippen molar-refractivity contribution >= 4 is 59.5 Å². The van der Waals surface area contributed by atoms with Gasteiger partial charge in [0.1, 0.15) is 0 Å². The molecule has 0 radical (unpaired) electrons. The van der Waals surface area contributed by atoms with Crippen molar-refractivity contribution in [1.82, 2.24) is 0 Å². The molecule has 0 unspecified atom stereocenters. The number of thiol groups is 1. The summed E-state index contributed by atoms with van der Waals surface area (Å²) in [5.74, 6) is -1.16. The molecule has 0 bridgehead atoms. The Kier molecular flexibility index (Phi) is 4.34. The van der Waals surface area contributed by atoms with E-state index in [0.717, 1.165) is 0 Å². The van der Waals surface area contributed by atoms with Crippen molar-refractivity contribution in [3.63, 3.8) is 0 Å². The van der Waals surface area contributed by atoms with Crippen molar-refractivity contribution in [2.75, 3.05) is 0 Å². The lowest BCUT2D eigenvalue weighted by molar-refractivity contribution is -0.131. The van der Waals surface area contributed by atoms with Gasteiger partial charge < -0.3 is 5.11 Å². The van der Waals surface area contributed by atoms with Crippen LogP contribution in [0, 0.1) is 0 Å². The van der Waals surface area contributed by atoms with Crippen molar-refractivity contribution in [2.24, 2.45) is 0 Å². The average Bonchev–Trinajstić information content (AvgIpc) is 2.18. The topological polar surface area (TPSA) is 37.3 Å². The molecule has 0 atom stereocenters. The van der Waals surface area contributed by atoms with Crippen LogP contribution in [0.15, 0.2) is 17.0 Å². The molecular formula is C9H5Cl3O2S. The van der Waals surface area contributed by atoms with Crippen LogP contribution in [-0.4, -0.2) is 11.1 Å². The first kappa shape index (κ1) is 12.7. The van der Waals surface area contributed by atoms with E-state index >= 15 is 0 Å². The molecule has 15 heavy (non-hydrogen) atoms. The lowest BCUT2D eigenvalue weighted by atomic mass is 10.2. The summed E-state index contributed by atoms with van der Waals surface area (Å²) < 4.78 is 0. The van der Waals surface area contributed by atoms with E-state index in [2.05, 4.69) is 12.6 Å². The number of rotatable bonds is 2. The fraction of sp³-hybridized carbons (Fsp3) is 0. The molecule has 0 spiro atoms. The van der Waals surface area contributed by atoms with Gasteiger partial charge in [0.2, 0.25) is 0 Å². The van der Waals surface area contributed by atoms with Crippen molar-refractivity contribution in [3.05, 3.63) is 37.7 Å². The molecular weight excluding hydrogens is 279 g/mol. The van der Waals surface area contributed by atoms with Gasteiger partial charge in [-0.05, 0) is 18.2 Å². The normalized spacial score (nSPS) is 11.6. The number of aliphatic carboxylic acids is 1. The van der Waals surface area contributed by atoms with E-state index < -0.39 is 5.97 Å². The lowest BCUT2D eigenvalue weighted by Gasteiger charge is -2.04. The minimum atomic E-state index is -1.16. The molecule has 0 fully saturated rings. The molecule has 0 aliphatic carbocycles. The van der Waals surface area contributed by atoms with Crippen LogP contribution in [0.2, 0.25) is 15.1 Å². The van der Waals surface area contributed by atoms with Gasteiger partial charge in [-0.15, -0.1) is 12.6 Å². The molecule has 1 rings (SSSR count). The number of halogens is 3. The van der Waals surface area contributed by atoms with Crippen LogP contribution in [0.25, 0.3) is 6.08 Å². The quantitative estimate of drug-likeness (QED) is 0.489. The van der Waals surface area contributed by atoms with Crippen molar-refractivity contribution in [1.29, 1.82) is 0 Å². The SMILES string of the molecule is O=C(O)C(S)=Cc1c(Cl)ccc(Cl)c1Cl. The Bertz CT molecular complexity index is 443. The average molecular weight is 284 g/mol. The van der Waals surface area contributed by atoms with Gasteiger partial charge in [0, 0.05) is 10.6 Å². The first-order valence-electron chi connectivity index (χ1n) is 3.71. The second kappa shape index (κ2) is 5.12. The van der Waals surface area contributed by atoms with E-state index in [-0.39, 0.29) is 9.93 Å². The zero-order valence-electron chi connectivity index (χ0n) is 7.17. The third kappa shape index (κ3) is 3.05. The molecule has 0 heterocycles. The van der Waals surface area contributed by atoms with Crippen LogP contribution in [0.5, 0.6) is 0 Å². The van der Waals surface area contributed by atoms with E-state index in [1.165, 1.54) is 18.2 Å². The summed E-state index contributed by atoms with van der Waals surface area (Å²) in [5, 5.41) is 9.46. The van der Waals surface area contributed by atoms with Crippen molar-refractivity contribution in [3.8, 4) is 0 Å². The predicted molar refractivity (Wildman–Crippen MR) is 66.1 cm³/mol. The highest BCUT2D eigenvalue weighted by molar-refractivity contribution is 7.85. The molecule has 0 aliphatic heterocycles. The van der Waals surface area contributed by atoms with Gasteiger partial charge in [-0.3, -0.25) is 0 Å². The lowest BCUT2D eigenvalue weighted by Crippen LogP contribution is -1.93. The Labute approximate surface area is 107 Å². The summed E-state index contributed by atoms with van der Waals surface area (Å²) >= 11 is 21.2. The van der Waals surface area contributed by atoms with Gasteiger partial charge >= 0.3 is 5.97 Å². The monoisotopic (exact) mass is 282 g/mol. The number of benzene rings is 1. The first-order valence-corrected chi connectivity index (χ1v) is 5.29. The minimum Gasteiger partial charge on any atom is -0.477 e. The molecule has 1 aromatic rings. The van der Waals surface area contributed by atoms with Crippen molar-refractivity contribution < 1.29 is 9.90 Å². The van der Waals surface area contributed by atoms with Crippen LogP contribution < -0.4 is 0 Å². The first-order chi connectivity index (χ1) is 6.93. The third-order valence-electron chi connectivity index (χ3n) is 1.58. The van der Waals surface area contributed by atoms with E-state index in [4.69, 9.17) is 39.9 Å². The molecule has 0 saturated carbocycles. The number of hydrogen-bond donors (Lipinski definition) is 2. The Balaban J connectivity index is 3.32. The summed E-state index contributed by atoms with van der Waals surface area (Å²) in [6.07, 6.45) is 1.25. The minimum absolute atomic E-state index is 0.166. The van der Waals surface area contributed by atoms with Gasteiger partial charge in [-0.1, -0.05) is 34.8 Å². The Morgan fingerprint density at radius 3 is 2.33 bits per heavy atom. The van der Waals surface area contributed by atoms with E-state index in [1.54, 1.807) is 0 Å². The Hall–Kier alpha value is -0.350. The van der Waals surface area contributed by atoms with E-state index in [1.807, 2.05) is 0 Å². The molecule has 80 valence electrons. The van der Waals surface area contributed by atoms with Gasteiger partial charge in [0.25, 0.3) is 0 Å². The summed E-state index contributed by atoms with van der Waals surface area (Å²) in [4.78, 5) is 10.4. The standard InChI is InChI=1S/C9H5Cl3O2S/c10-5-1-2-6(11)8(12)4(5)3-7(15)9(13)14/h1-3,15H,(H,13,14). The Morgan fingerprint density at radius 2 is 1.80 bits per heavy atom. The van der Waals surface area contributed by atoms with Gasteiger partial charge in [-0.2, -0.15) is 0 Å². The largest absolute Gasteiger partial charge is 0.477 e. The number of carboxylic acid groups (broad SMARTS) is 1. The summed E-state index contributed by atoms with van der Waals surface area (Å²) in [6, 6.07) is 3.06. The third-order valence-corrected chi connectivity index (χ3v) is 3.05. The van der Waals surface area contributed by atoms with E-state index in [9.17, 15) is 4.79 Å². The second-order valence-electron chi connectivity index (χ2n) is 2.59. The summed E-state index contributed by atoms with van der Waals surface area (Å²) in [7, 11) is 0. The maximum Gasteiger partial charge on any atom is 0.341 e. The number of carbonyl (C=O) groups is 1. The smallest absolute Gasteiger partial charge is 0.341 e. The summed E-state index contributed by atoms with van der Waals surface area (Å²) in [6.45, 7) is 0. The molecule has 1 aromatic carbocycles. The highest BCUT2D eigenvalue weighted by atomic mass is 35.5. The van der Waals surface area contributed by atoms with Gasteiger partial charge in [0.15, 0.2) is 0 Å². The predicted octanol–water partition coefficient (Wildman–Crippen LogP) is 4.00. The van der Waals surface area contributed by atoms with Crippen LogP contribution in [0.3, 0.4) is 0 Å². The highest BCUT2D eigenvalue weighted by Crippen LogP contribution is 2.33. The van der Waals surface area contributed by atoms with Crippen molar-refractivity contribution in [2.45, 2.75) is 0 Å². The number of carboxylic acids is 1. The van der Waals surface area contributed by atoms with Crippen LogP contribution >= 0.6 is 47.4 Å². The molecule has 0 amide bonds. The second-order valence-corrected chi connectivity index (χ2v) is 4.27. The molecule has 0 saturated heterocycles. The number of hydrogen-bond acceptors (Lipinski definition) is 2. The van der Waals surface area contributed by atoms with Gasteiger partial charge in [0.05, 0.1) is 15.0 Å².